The second kappa shape index (κ2) is 4.50. The number of fused-ring (bicyclic) bond motifs is 2. The lowest BCUT2D eigenvalue weighted by Gasteiger charge is -2.28. The smallest absolute Gasteiger partial charge is 0.0839 e. The number of hydrogen-bond donors (Lipinski definition) is 0. The fourth-order valence-corrected chi connectivity index (χ4v) is 3.39. The van der Waals surface area contributed by atoms with Crippen molar-refractivity contribution >= 4 is 0 Å². The van der Waals surface area contributed by atoms with E-state index in [0.717, 1.165) is 24.1 Å². The molecule has 3 rings (SSSR count). The van der Waals surface area contributed by atoms with E-state index in [4.69, 9.17) is 0 Å². The first-order valence-corrected chi connectivity index (χ1v) is 6.55. The summed E-state index contributed by atoms with van der Waals surface area (Å²) in [6, 6.07) is 13.4. The summed E-state index contributed by atoms with van der Waals surface area (Å²) in [5, 5.41) is 9.33. The van der Waals surface area contributed by atoms with Gasteiger partial charge in [-0.3, -0.25) is 4.90 Å². The van der Waals surface area contributed by atoms with Crippen LogP contribution in [0.5, 0.6) is 0 Å². The molecule has 17 heavy (non-hydrogen) atoms. The Balaban J connectivity index is 1.69. The first kappa shape index (κ1) is 10.8. The van der Waals surface area contributed by atoms with E-state index < -0.39 is 0 Å². The maximum absolute atomic E-state index is 9.33. The monoisotopic (exact) mass is 226 g/mol. The van der Waals surface area contributed by atoms with E-state index in [-0.39, 0.29) is 5.92 Å². The van der Waals surface area contributed by atoms with Crippen LogP contribution >= 0.6 is 0 Å². The minimum atomic E-state index is 0.0375. The van der Waals surface area contributed by atoms with E-state index in [1.807, 2.05) is 18.2 Å². The summed E-state index contributed by atoms with van der Waals surface area (Å²) in [5.74, 6) is 0.950. The van der Waals surface area contributed by atoms with Crippen LogP contribution in [-0.2, 0) is 0 Å². The summed E-state index contributed by atoms with van der Waals surface area (Å²) in [5.41, 5.74) is 1.16. The first-order valence-electron chi connectivity index (χ1n) is 6.55. The lowest BCUT2D eigenvalue weighted by molar-refractivity contribution is 0.210. The van der Waals surface area contributed by atoms with Crippen molar-refractivity contribution in [2.75, 3.05) is 13.1 Å². The van der Waals surface area contributed by atoms with Gasteiger partial charge in [0.1, 0.15) is 0 Å². The summed E-state index contributed by atoms with van der Waals surface area (Å²) >= 11 is 0. The Morgan fingerprint density at radius 2 is 2.12 bits per heavy atom. The molecule has 2 aliphatic rings. The summed E-state index contributed by atoms with van der Waals surface area (Å²) in [7, 11) is 0. The van der Waals surface area contributed by atoms with Crippen molar-refractivity contribution in [3.8, 4) is 6.07 Å². The van der Waals surface area contributed by atoms with Crippen LogP contribution in [0.4, 0.5) is 0 Å². The third kappa shape index (κ3) is 2.08. The highest BCUT2D eigenvalue weighted by molar-refractivity contribution is 5.25. The molecule has 1 saturated heterocycles. The Bertz CT molecular complexity index is 420. The molecule has 2 nitrogen and oxygen atoms in total. The van der Waals surface area contributed by atoms with Gasteiger partial charge in [0.2, 0.25) is 0 Å². The van der Waals surface area contributed by atoms with Crippen molar-refractivity contribution in [3.63, 3.8) is 0 Å². The van der Waals surface area contributed by atoms with Crippen LogP contribution in [0.2, 0.25) is 0 Å². The Kier molecular flexibility index (Phi) is 2.86. The Labute approximate surface area is 103 Å². The van der Waals surface area contributed by atoms with E-state index in [9.17, 15) is 5.26 Å². The Morgan fingerprint density at radius 3 is 2.71 bits per heavy atom. The Morgan fingerprint density at radius 1 is 1.29 bits per heavy atom. The van der Waals surface area contributed by atoms with Gasteiger partial charge in [0.15, 0.2) is 0 Å². The molecule has 2 heteroatoms. The lowest BCUT2D eigenvalue weighted by atomic mass is 9.99. The lowest BCUT2D eigenvalue weighted by Crippen LogP contribution is -2.35. The second-order valence-electron chi connectivity index (χ2n) is 5.38. The van der Waals surface area contributed by atoms with Crippen molar-refractivity contribution in [3.05, 3.63) is 35.9 Å². The second-order valence-corrected chi connectivity index (χ2v) is 5.38. The fourth-order valence-electron chi connectivity index (χ4n) is 3.39. The van der Waals surface area contributed by atoms with Gasteiger partial charge in [-0.25, -0.2) is 0 Å². The van der Waals surface area contributed by atoms with Crippen LogP contribution in [0.1, 0.15) is 30.7 Å². The number of piperidine rings is 1. The van der Waals surface area contributed by atoms with Gasteiger partial charge in [-0.2, -0.15) is 5.26 Å². The van der Waals surface area contributed by atoms with E-state index >= 15 is 0 Å². The zero-order valence-electron chi connectivity index (χ0n) is 10.0. The van der Waals surface area contributed by atoms with Crippen LogP contribution in [0.3, 0.4) is 0 Å². The van der Waals surface area contributed by atoms with Crippen LogP contribution < -0.4 is 0 Å². The topological polar surface area (TPSA) is 27.0 Å². The molecule has 2 bridgehead atoms. The van der Waals surface area contributed by atoms with Gasteiger partial charge >= 0.3 is 0 Å². The van der Waals surface area contributed by atoms with E-state index in [0.29, 0.717) is 0 Å². The van der Waals surface area contributed by atoms with Gasteiger partial charge in [-0.05, 0) is 30.7 Å². The van der Waals surface area contributed by atoms with Crippen LogP contribution in [-0.4, -0.2) is 24.0 Å². The molecule has 88 valence electrons. The fraction of sp³-hybridized carbons (Fsp3) is 0.533. The number of hydrogen-bond acceptors (Lipinski definition) is 2. The van der Waals surface area contributed by atoms with Crippen LogP contribution in [0, 0.1) is 17.2 Å². The molecule has 1 aromatic carbocycles. The zero-order chi connectivity index (χ0) is 11.7. The average Bonchev–Trinajstić information content (AvgIpc) is 2.99. The van der Waals surface area contributed by atoms with Gasteiger partial charge in [0, 0.05) is 19.1 Å². The van der Waals surface area contributed by atoms with Gasteiger partial charge in [0.05, 0.1) is 12.0 Å². The van der Waals surface area contributed by atoms with Gasteiger partial charge in [-0.1, -0.05) is 30.3 Å². The van der Waals surface area contributed by atoms with Gasteiger partial charge in [0.25, 0.3) is 0 Å². The molecule has 0 amide bonds. The maximum atomic E-state index is 9.33. The van der Waals surface area contributed by atoms with E-state index in [1.54, 1.807) is 0 Å². The van der Waals surface area contributed by atoms with Crippen molar-refractivity contribution in [2.24, 2.45) is 5.92 Å². The number of nitriles is 1. The summed E-state index contributed by atoms with van der Waals surface area (Å²) in [6.07, 6.45) is 4.12. The van der Waals surface area contributed by atoms with Crippen molar-refractivity contribution in [1.29, 1.82) is 5.26 Å². The minimum Gasteiger partial charge on any atom is -0.298 e. The van der Waals surface area contributed by atoms with E-state index in [1.165, 1.54) is 25.8 Å². The highest BCUT2D eigenvalue weighted by Crippen LogP contribution is 2.38. The quantitative estimate of drug-likeness (QED) is 0.792. The molecule has 1 aliphatic carbocycles. The molecule has 3 unspecified atom stereocenters. The van der Waals surface area contributed by atoms with Crippen molar-refractivity contribution in [2.45, 2.75) is 31.2 Å². The number of nitrogens with zero attached hydrogens (tertiary/aromatic N) is 2. The number of rotatable bonds is 3. The SMILES string of the molecule is N#CC(CN1CC2CCC1C2)c1ccccc1. The predicted molar refractivity (Wildman–Crippen MR) is 67.5 cm³/mol. The molecule has 2 fully saturated rings. The summed E-state index contributed by atoms with van der Waals surface area (Å²) in [4.78, 5) is 2.54. The molecule has 1 aromatic rings. The standard InChI is InChI=1S/C15H18N2/c16-9-14(13-4-2-1-3-5-13)11-17-10-12-6-7-15(17)8-12/h1-5,12,14-15H,6-8,10-11H2. The zero-order valence-corrected chi connectivity index (χ0v) is 10.0. The average molecular weight is 226 g/mol. The highest BCUT2D eigenvalue weighted by atomic mass is 15.2. The molecule has 0 N–H and O–H groups in total. The molecular weight excluding hydrogens is 208 g/mol. The third-order valence-electron chi connectivity index (χ3n) is 4.30. The van der Waals surface area contributed by atoms with Crippen molar-refractivity contribution < 1.29 is 0 Å². The number of likely N-dealkylation sites (tertiary alicyclic amines) is 1. The normalized spacial score (nSPS) is 29.1. The van der Waals surface area contributed by atoms with Gasteiger partial charge < -0.3 is 0 Å². The molecular formula is C15H18N2. The molecule has 1 heterocycles. The van der Waals surface area contributed by atoms with Crippen molar-refractivity contribution in [1.82, 2.24) is 4.90 Å². The predicted octanol–water partition coefficient (Wildman–Crippen LogP) is 2.78. The van der Waals surface area contributed by atoms with Gasteiger partial charge in [-0.15, -0.1) is 0 Å². The first-order chi connectivity index (χ1) is 8.36. The summed E-state index contributed by atoms with van der Waals surface area (Å²) in [6.45, 7) is 2.14. The number of benzene rings is 1. The van der Waals surface area contributed by atoms with Crippen LogP contribution in [0.15, 0.2) is 30.3 Å². The Hall–Kier alpha value is -1.33. The summed E-state index contributed by atoms with van der Waals surface area (Å²) < 4.78 is 0. The molecule has 3 atom stereocenters. The molecule has 0 aromatic heterocycles. The third-order valence-corrected chi connectivity index (χ3v) is 4.30. The molecule has 1 aliphatic heterocycles. The molecule has 0 radical (unpaired) electrons. The maximum Gasteiger partial charge on any atom is 0.0839 e. The molecule has 1 saturated carbocycles. The highest BCUT2D eigenvalue weighted by Gasteiger charge is 2.38. The largest absolute Gasteiger partial charge is 0.298 e. The van der Waals surface area contributed by atoms with E-state index in [2.05, 4.69) is 23.1 Å². The molecule has 0 spiro atoms. The van der Waals surface area contributed by atoms with Crippen LogP contribution in [0.25, 0.3) is 0 Å². The minimum absolute atomic E-state index is 0.0375.